The molecule has 0 rings (SSSR count). The molecule has 0 spiro atoms. The summed E-state index contributed by atoms with van der Waals surface area (Å²) >= 11 is 0. The number of guanidine groups is 1. The minimum atomic E-state index is -3.27. The van der Waals surface area contributed by atoms with Gasteiger partial charge in [-0.2, -0.15) is 13.8 Å². The van der Waals surface area contributed by atoms with E-state index in [1.807, 2.05) is 0 Å². The minimum Gasteiger partial charge on any atom is -0.370 e. The van der Waals surface area contributed by atoms with Crippen LogP contribution in [-0.2, 0) is 0 Å². The van der Waals surface area contributed by atoms with Crippen molar-refractivity contribution in [3.05, 3.63) is 0 Å². The van der Waals surface area contributed by atoms with Gasteiger partial charge < -0.3 is 11.5 Å². The largest absolute Gasteiger partial charge is 0.370 e. The number of halogens is 2. The van der Waals surface area contributed by atoms with Gasteiger partial charge in [-0.3, -0.25) is 5.32 Å². The first-order chi connectivity index (χ1) is 5.37. The molecule has 0 aromatic heterocycles. The molecule has 5 N–H and O–H groups in total. The first kappa shape index (κ1) is 10.6. The van der Waals surface area contributed by atoms with Gasteiger partial charge in [0.15, 0.2) is 5.96 Å². The van der Waals surface area contributed by atoms with E-state index in [1.54, 1.807) is 0 Å². The molecule has 5 nitrogen and oxygen atoms in total. The van der Waals surface area contributed by atoms with Crippen LogP contribution in [0.4, 0.5) is 13.6 Å². The summed E-state index contributed by atoms with van der Waals surface area (Å²) in [5.74, 6) is -0.556. The molecule has 0 aliphatic carbocycles. The maximum Gasteiger partial charge on any atom is 0.348 e. The maximum atomic E-state index is 12.4. The number of carbonyl (C=O) groups is 1. The Labute approximate surface area is 67.8 Å². The molecule has 0 unspecified atom stereocenters. The van der Waals surface area contributed by atoms with Crippen molar-refractivity contribution in [3.8, 4) is 0 Å². The summed E-state index contributed by atoms with van der Waals surface area (Å²) in [6.45, 7) is 1.22. The van der Waals surface area contributed by atoms with Crippen molar-refractivity contribution in [2.45, 2.75) is 19.4 Å². The molecule has 70 valence electrons. The van der Waals surface area contributed by atoms with Crippen molar-refractivity contribution >= 4 is 12.0 Å². The monoisotopic (exact) mass is 180 g/mol. The lowest BCUT2D eigenvalue weighted by Crippen LogP contribution is -2.40. The number of amides is 2. The summed E-state index contributed by atoms with van der Waals surface area (Å²) in [6.07, 6.45) is -0.515. The van der Waals surface area contributed by atoms with E-state index in [9.17, 15) is 13.6 Å². The number of carbonyl (C=O) groups excluding carboxylic acids is 1. The Balaban J connectivity index is 4.10. The molecule has 0 bridgehead atoms. The van der Waals surface area contributed by atoms with Crippen LogP contribution in [0, 0.1) is 0 Å². The topological polar surface area (TPSA) is 93.5 Å². The smallest absolute Gasteiger partial charge is 0.348 e. The first-order valence-electron chi connectivity index (χ1n) is 3.17. The Bertz CT molecular complexity index is 200. The van der Waals surface area contributed by atoms with Crippen molar-refractivity contribution in [1.82, 2.24) is 5.32 Å². The van der Waals surface area contributed by atoms with E-state index in [1.165, 1.54) is 12.2 Å². The van der Waals surface area contributed by atoms with Crippen LogP contribution in [0.2, 0.25) is 0 Å². The third-order valence-electron chi connectivity index (χ3n) is 0.964. The average Bonchev–Trinajstić information content (AvgIpc) is 1.84. The molecule has 0 saturated carbocycles. The molecule has 7 heteroatoms. The zero-order chi connectivity index (χ0) is 9.78. The Morgan fingerprint density at radius 1 is 1.58 bits per heavy atom. The van der Waals surface area contributed by atoms with Gasteiger partial charge >= 0.3 is 12.1 Å². The minimum absolute atomic E-state index is 0.515. The lowest BCUT2D eigenvalue weighted by Gasteiger charge is -2.13. The average molecular weight is 180 g/mol. The zero-order valence-electron chi connectivity index (χ0n) is 6.47. The zero-order valence-corrected chi connectivity index (χ0v) is 6.47. The molecule has 0 aromatic rings. The van der Waals surface area contributed by atoms with Crippen molar-refractivity contribution in [1.29, 1.82) is 0 Å². The predicted octanol–water partition coefficient (Wildman–Crippen LogP) is -0.0278. The van der Waals surface area contributed by atoms with Crippen molar-refractivity contribution in [3.63, 3.8) is 0 Å². The third kappa shape index (κ3) is 4.42. The van der Waals surface area contributed by atoms with E-state index in [0.717, 1.165) is 0 Å². The number of urea groups is 1. The van der Waals surface area contributed by atoms with Gasteiger partial charge in [0.1, 0.15) is 0 Å². The summed E-state index contributed by atoms with van der Waals surface area (Å²) in [4.78, 5) is 13.3. The van der Waals surface area contributed by atoms with Gasteiger partial charge in [-0.05, 0) is 0 Å². The van der Waals surface area contributed by atoms with Crippen LogP contribution in [-0.4, -0.2) is 18.0 Å². The van der Waals surface area contributed by atoms with Gasteiger partial charge in [-0.15, -0.1) is 0 Å². The molecular weight excluding hydrogens is 170 g/mol. The molecule has 2 amide bonds. The van der Waals surface area contributed by atoms with Gasteiger partial charge in [-0.25, -0.2) is 4.79 Å². The van der Waals surface area contributed by atoms with Crippen LogP contribution in [0.15, 0.2) is 4.99 Å². The molecule has 12 heavy (non-hydrogen) atoms. The van der Waals surface area contributed by atoms with Crippen molar-refractivity contribution in [2.75, 3.05) is 0 Å². The van der Waals surface area contributed by atoms with E-state index >= 15 is 0 Å². The number of alkyl halides is 2. The number of hydrogen-bond acceptors (Lipinski definition) is 1. The third-order valence-corrected chi connectivity index (χ3v) is 0.964. The fourth-order valence-electron chi connectivity index (χ4n) is 0.390. The lowest BCUT2D eigenvalue weighted by atomic mass is 10.4. The van der Waals surface area contributed by atoms with E-state index in [0.29, 0.717) is 0 Å². The summed E-state index contributed by atoms with van der Waals surface area (Å²) in [5.41, 5.74) is 9.55. The molecule has 0 aromatic carbocycles. The van der Waals surface area contributed by atoms with Gasteiger partial charge in [0.2, 0.25) is 0 Å². The van der Waals surface area contributed by atoms with Gasteiger partial charge in [0.25, 0.3) is 0 Å². The van der Waals surface area contributed by atoms with Crippen LogP contribution in [0.25, 0.3) is 0 Å². The number of hydrogen-bond donors (Lipinski definition) is 3. The molecule has 0 atom stereocenters. The second-order valence-corrected chi connectivity index (χ2v) is 2.02. The molecule has 0 aliphatic heterocycles. The Kier molecular flexibility index (Phi) is 3.39. The van der Waals surface area contributed by atoms with Crippen molar-refractivity contribution < 1.29 is 13.6 Å². The highest BCUT2D eigenvalue weighted by Crippen LogP contribution is 2.12. The first-order valence-corrected chi connectivity index (χ1v) is 3.17. The normalized spacial score (nSPS) is 10.6. The second kappa shape index (κ2) is 3.84. The van der Waals surface area contributed by atoms with Crippen LogP contribution in [0.1, 0.15) is 13.3 Å². The fourth-order valence-corrected chi connectivity index (χ4v) is 0.390. The van der Waals surface area contributed by atoms with E-state index in [2.05, 4.69) is 4.99 Å². The predicted molar refractivity (Wildman–Crippen MR) is 39.6 cm³/mol. The van der Waals surface area contributed by atoms with Crippen molar-refractivity contribution in [2.24, 2.45) is 16.5 Å². The molecule has 0 radical (unpaired) electrons. The number of nitrogens with zero attached hydrogens (tertiary/aromatic N) is 1. The maximum absolute atomic E-state index is 12.4. The Morgan fingerprint density at radius 2 is 2.08 bits per heavy atom. The number of nitrogens with two attached hydrogens (primary N) is 2. The second-order valence-electron chi connectivity index (χ2n) is 2.02. The molecular formula is C5H10F2N4O. The lowest BCUT2D eigenvalue weighted by molar-refractivity contribution is -0.0243. The molecule has 0 heterocycles. The number of aliphatic imine (C=N–C) groups is 1. The van der Waals surface area contributed by atoms with Crippen LogP contribution in [0.3, 0.4) is 0 Å². The molecule has 0 aliphatic rings. The van der Waals surface area contributed by atoms with E-state index in [-0.39, 0.29) is 0 Å². The van der Waals surface area contributed by atoms with Gasteiger partial charge in [-0.1, -0.05) is 6.92 Å². The quantitative estimate of drug-likeness (QED) is 0.316. The SMILES string of the molecule is CCC(F)(F)NC(=O)N=C(N)N. The van der Waals surface area contributed by atoms with E-state index < -0.39 is 24.5 Å². The van der Waals surface area contributed by atoms with Crippen LogP contribution >= 0.6 is 0 Å². The highest BCUT2D eigenvalue weighted by molar-refractivity contribution is 5.90. The van der Waals surface area contributed by atoms with Crippen LogP contribution < -0.4 is 16.8 Å². The Morgan fingerprint density at radius 3 is 2.42 bits per heavy atom. The molecule has 0 fully saturated rings. The van der Waals surface area contributed by atoms with Gasteiger partial charge in [0, 0.05) is 6.42 Å². The summed E-state index contributed by atoms with van der Waals surface area (Å²) in [6, 6.07) is -4.52. The highest BCUT2D eigenvalue weighted by atomic mass is 19.3. The summed E-state index contributed by atoms with van der Waals surface area (Å²) in [7, 11) is 0. The fraction of sp³-hybridized carbons (Fsp3) is 0.600. The Hall–Kier alpha value is -1.40. The summed E-state index contributed by atoms with van der Waals surface area (Å²) in [5, 5.41) is 1.32. The number of nitrogens with one attached hydrogen (secondary N) is 1. The van der Waals surface area contributed by atoms with Gasteiger partial charge in [0.05, 0.1) is 0 Å². The number of rotatable bonds is 2. The highest BCUT2D eigenvalue weighted by Gasteiger charge is 2.27. The molecule has 0 saturated heterocycles. The van der Waals surface area contributed by atoms with E-state index in [4.69, 9.17) is 11.5 Å². The summed E-state index contributed by atoms with van der Waals surface area (Å²) < 4.78 is 24.7. The van der Waals surface area contributed by atoms with Crippen LogP contribution in [0.5, 0.6) is 0 Å². The standard InChI is InChI=1S/C5H10F2N4O/c1-2-5(6,7)11-4(12)10-3(8)9/h2H2,1H3,(H5,8,9,10,11,12).